The van der Waals surface area contributed by atoms with Gasteiger partial charge in [-0.15, -0.1) is 24.0 Å². The summed E-state index contributed by atoms with van der Waals surface area (Å²) in [6.45, 7) is 0.683. The fraction of sp³-hybridized carbons (Fsp3) is 0.333. The standard InChI is InChI=1S/C18H23FN4O3.HI/c1-20-18(23-11-14-13(19)6-5-7-21-14)22-10-12-8-15(24-2)17(26-4)16(9-12)25-3;/h5-9H,10-11H2,1-4H3,(H2,20,22,23);1H. The van der Waals surface area contributed by atoms with Crippen molar-refractivity contribution < 1.29 is 18.6 Å². The van der Waals surface area contributed by atoms with Crippen LogP contribution in [-0.2, 0) is 13.1 Å². The number of rotatable bonds is 7. The molecule has 1 heterocycles. The molecule has 0 aliphatic heterocycles. The van der Waals surface area contributed by atoms with Crippen molar-refractivity contribution in [3.8, 4) is 17.2 Å². The SMILES string of the molecule is CN=C(NCc1cc(OC)c(OC)c(OC)c1)NCc1ncccc1F.I. The number of ether oxygens (including phenoxy) is 3. The monoisotopic (exact) mass is 490 g/mol. The molecule has 27 heavy (non-hydrogen) atoms. The summed E-state index contributed by atoms with van der Waals surface area (Å²) in [4.78, 5) is 8.12. The van der Waals surface area contributed by atoms with E-state index in [4.69, 9.17) is 14.2 Å². The average molecular weight is 490 g/mol. The number of pyridine rings is 1. The van der Waals surface area contributed by atoms with Gasteiger partial charge in [-0.1, -0.05) is 0 Å². The topological polar surface area (TPSA) is 77.0 Å². The van der Waals surface area contributed by atoms with E-state index in [9.17, 15) is 4.39 Å². The van der Waals surface area contributed by atoms with Gasteiger partial charge in [-0.05, 0) is 29.8 Å². The van der Waals surface area contributed by atoms with Gasteiger partial charge in [0, 0.05) is 19.8 Å². The fourth-order valence-corrected chi connectivity index (χ4v) is 2.36. The average Bonchev–Trinajstić information content (AvgIpc) is 2.68. The summed E-state index contributed by atoms with van der Waals surface area (Å²) in [5.41, 5.74) is 1.23. The second-order valence-electron chi connectivity index (χ2n) is 5.24. The minimum Gasteiger partial charge on any atom is -0.493 e. The normalized spacial score (nSPS) is 10.6. The maximum Gasteiger partial charge on any atom is 0.203 e. The maximum atomic E-state index is 13.6. The Kier molecular flexibility index (Phi) is 9.62. The molecule has 0 atom stereocenters. The summed E-state index contributed by atoms with van der Waals surface area (Å²) in [6, 6.07) is 6.62. The summed E-state index contributed by atoms with van der Waals surface area (Å²) >= 11 is 0. The van der Waals surface area contributed by atoms with Crippen molar-refractivity contribution >= 4 is 29.9 Å². The Hall–Kier alpha value is -2.30. The van der Waals surface area contributed by atoms with Gasteiger partial charge in [0.05, 0.1) is 33.6 Å². The predicted molar refractivity (Wildman–Crippen MR) is 113 cm³/mol. The Labute approximate surface area is 175 Å². The lowest BCUT2D eigenvalue weighted by atomic mass is 10.2. The minimum atomic E-state index is -0.361. The highest BCUT2D eigenvalue weighted by atomic mass is 127. The molecule has 0 saturated carbocycles. The van der Waals surface area contributed by atoms with E-state index in [1.54, 1.807) is 40.6 Å². The maximum absolute atomic E-state index is 13.6. The molecule has 0 fully saturated rings. The minimum absolute atomic E-state index is 0. The molecule has 0 spiro atoms. The number of aliphatic imine (C=N–C) groups is 1. The first-order chi connectivity index (χ1) is 12.6. The molecule has 1 aromatic carbocycles. The van der Waals surface area contributed by atoms with E-state index in [0.717, 1.165) is 5.56 Å². The van der Waals surface area contributed by atoms with Crippen LogP contribution in [0.25, 0.3) is 0 Å². The summed E-state index contributed by atoms with van der Waals surface area (Å²) in [7, 11) is 6.33. The molecule has 0 saturated heterocycles. The number of nitrogens with one attached hydrogen (secondary N) is 2. The lowest BCUT2D eigenvalue weighted by Crippen LogP contribution is -2.36. The lowest BCUT2D eigenvalue weighted by molar-refractivity contribution is 0.323. The number of methoxy groups -OCH3 is 3. The van der Waals surface area contributed by atoms with Gasteiger partial charge in [-0.25, -0.2) is 4.39 Å². The summed E-state index contributed by atoms with van der Waals surface area (Å²) in [5.74, 6) is 1.83. The highest BCUT2D eigenvalue weighted by molar-refractivity contribution is 14.0. The molecule has 2 N–H and O–H groups in total. The molecule has 148 valence electrons. The summed E-state index contributed by atoms with van der Waals surface area (Å²) in [6.07, 6.45) is 1.55. The summed E-state index contributed by atoms with van der Waals surface area (Å²) in [5, 5.41) is 6.18. The number of hydrogen-bond donors (Lipinski definition) is 2. The largest absolute Gasteiger partial charge is 0.493 e. The molecule has 7 nitrogen and oxygen atoms in total. The van der Waals surface area contributed by atoms with E-state index in [0.29, 0.717) is 35.4 Å². The highest BCUT2D eigenvalue weighted by Gasteiger charge is 2.13. The molecule has 9 heteroatoms. The van der Waals surface area contributed by atoms with Crippen molar-refractivity contribution in [1.82, 2.24) is 15.6 Å². The third-order valence-electron chi connectivity index (χ3n) is 3.67. The van der Waals surface area contributed by atoms with Crippen molar-refractivity contribution in [3.63, 3.8) is 0 Å². The van der Waals surface area contributed by atoms with Crippen LogP contribution in [0.2, 0.25) is 0 Å². The molecule has 2 rings (SSSR count). The quantitative estimate of drug-likeness (QED) is 0.353. The van der Waals surface area contributed by atoms with Gasteiger partial charge < -0.3 is 24.8 Å². The van der Waals surface area contributed by atoms with Crippen LogP contribution in [-0.4, -0.2) is 39.3 Å². The Bertz CT molecular complexity index is 749. The van der Waals surface area contributed by atoms with Crippen LogP contribution < -0.4 is 24.8 Å². The van der Waals surface area contributed by atoms with Crippen LogP contribution in [0.4, 0.5) is 4.39 Å². The zero-order chi connectivity index (χ0) is 18.9. The van der Waals surface area contributed by atoms with E-state index in [2.05, 4.69) is 20.6 Å². The Morgan fingerprint density at radius 2 is 1.70 bits per heavy atom. The van der Waals surface area contributed by atoms with Crippen LogP contribution in [0.3, 0.4) is 0 Å². The van der Waals surface area contributed by atoms with Gasteiger partial charge in [0.15, 0.2) is 17.5 Å². The van der Waals surface area contributed by atoms with Crippen LogP contribution in [0.15, 0.2) is 35.5 Å². The number of guanidine groups is 1. The fourth-order valence-electron chi connectivity index (χ4n) is 2.36. The molecule has 1 aromatic heterocycles. The van der Waals surface area contributed by atoms with Crippen molar-refractivity contribution in [2.24, 2.45) is 4.99 Å². The first kappa shape index (κ1) is 22.7. The van der Waals surface area contributed by atoms with Crippen molar-refractivity contribution in [1.29, 1.82) is 0 Å². The molecule has 0 bridgehead atoms. The molecule has 0 unspecified atom stereocenters. The molecule has 2 aromatic rings. The van der Waals surface area contributed by atoms with E-state index >= 15 is 0 Å². The lowest BCUT2D eigenvalue weighted by Gasteiger charge is -2.16. The molecule has 0 aliphatic rings. The van der Waals surface area contributed by atoms with Gasteiger partial charge in [0.1, 0.15) is 5.82 Å². The van der Waals surface area contributed by atoms with Crippen molar-refractivity contribution in [3.05, 3.63) is 47.5 Å². The van der Waals surface area contributed by atoms with E-state index in [1.165, 1.54) is 6.07 Å². The van der Waals surface area contributed by atoms with Crippen LogP contribution >= 0.6 is 24.0 Å². The van der Waals surface area contributed by atoms with Gasteiger partial charge in [0.25, 0.3) is 0 Å². The second-order valence-corrected chi connectivity index (χ2v) is 5.24. The Morgan fingerprint density at radius 1 is 1.07 bits per heavy atom. The first-order valence-electron chi connectivity index (χ1n) is 7.95. The smallest absolute Gasteiger partial charge is 0.203 e. The van der Waals surface area contributed by atoms with E-state index in [1.807, 2.05) is 12.1 Å². The molecular weight excluding hydrogens is 466 g/mol. The zero-order valence-corrected chi connectivity index (χ0v) is 18.0. The number of benzene rings is 1. The van der Waals surface area contributed by atoms with Crippen LogP contribution in [0, 0.1) is 5.82 Å². The first-order valence-corrected chi connectivity index (χ1v) is 7.95. The molecule has 0 radical (unpaired) electrons. The van der Waals surface area contributed by atoms with E-state index in [-0.39, 0.29) is 36.3 Å². The van der Waals surface area contributed by atoms with Crippen LogP contribution in [0.5, 0.6) is 17.2 Å². The molecule has 0 amide bonds. The molecular formula is C18H24FIN4O3. The summed E-state index contributed by atoms with van der Waals surface area (Å²) < 4.78 is 29.6. The third kappa shape index (κ3) is 6.12. The van der Waals surface area contributed by atoms with Crippen LogP contribution in [0.1, 0.15) is 11.3 Å². The Morgan fingerprint density at radius 3 is 2.22 bits per heavy atom. The van der Waals surface area contributed by atoms with Gasteiger partial charge >= 0.3 is 0 Å². The molecule has 0 aliphatic carbocycles. The number of nitrogens with zero attached hydrogens (tertiary/aromatic N) is 2. The second kappa shape index (κ2) is 11.4. The number of hydrogen-bond acceptors (Lipinski definition) is 5. The zero-order valence-electron chi connectivity index (χ0n) is 15.7. The van der Waals surface area contributed by atoms with Gasteiger partial charge in [0.2, 0.25) is 5.75 Å². The van der Waals surface area contributed by atoms with E-state index < -0.39 is 0 Å². The number of halogens is 2. The van der Waals surface area contributed by atoms with Crippen molar-refractivity contribution in [2.45, 2.75) is 13.1 Å². The van der Waals surface area contributed by atoms with Gasteiger partial charge in [-0.3, -0.25) is 9.98 Å². The number of aromatic nitrogens is 1. The van der Waals surface area contributed by atoms with Crippen molar-refractivity contribution in [2.75, 3.05) is 28.4 Å². The van der Waals surface area contributed by atoms with Gasteiger partial charge in [-0.2, -0.15) is 0 Å². The highest BCUT2D eigenvalue weighted by Crippen LogP contribution is 2.38. The Balaban J connectivity index is 0.00000364. The third-order valence-corrected chi connectivity index (χ3v) is 3.67. The predicted octanol–water partition coefficient (Wildman–Crippen LogP) is 2.73.